The van der Waals surface area contributed by atoms with E-state index in [0.717, 1.165) is 22.7 Å². The Kier molecular flexibility index (Phi) is 7.64. The van der Waals surface area contributed by atoms with Gasteiger partial charge in [0.25, 0.3) is 0 Å². The summed E-state index contributed by atoms with van der Waals surface area (Å²) < 4.78 is 2.44. The smallest absolute Gasteiger partial charge is 0.0553 e. The fourth-order valence-corrected chi connectivity index (χ4v) is 10.5. The zero-order valence-corrected chi connectivity index (χ0v) is 33.8. The van der Waals surface area contributed by atoms with Crippen LogP contribution in [0.25, 0.3) is 104 Å². The van der Waals surface area contributed by atoms with Crippen LogP contribution in [0, 0.1) is 0 Å². The van der Waals surface area contributed by atoms with Crippen molar-refractivity contribution >= 4 is 92.7 Å². The number of nitrogens with zero attached hydrogens (tertiary/aromatic N) is 2. The zero-order valence-electron chi connectivity index (χ0n) is 33.8. The van der Waals surface area contributed by atoms with E-state index in [9.17, 15) is 0 Å². The molecule has 0 saturated carbocycles. The maximum atomic E-state index is 2.47. The molecular formula is C60H38N2. The molecule has 0 fully saturated rings. The summed E-state index contributed by atoms with van der Waals surface area (Å²) in [6.07, 6.45) is 0. The van der Waals surface area contributed by atoms with Gasteiger partial charge in [0.1, 0.15) is 0 Å². The van der Waals surface area contributed by atoms with E-state index in [2.05, 4.69) is 240 Å². The van der Waals surface area contributed by atoms with Gasteiger partial charge in [0.05, 0.1) is 22.4 Å². The Balaban J connectivity index is 1.10. The number of benzene rings is 12. The number of hydrogen-bond donors (Lipinski definition) is 0. The summed E-state index contributed by atoms with van der Waals surface area (Å²) in [7, 11) is 0. The molecule has 0 aliphatic heterocycles. The van der Waals surface area contributed by atoms with Gasteiger partial charge in [-0.15, -0.1) is 0 Å². The van der Waals surface area contributed by atoms with Crippen molar-refractivity contribution in [2.75, 3.05) is 4.90 Å². The summed E-state index contributed by atoms with van der Waals surface area (Å²) in [6.45, 7) is 0. The molecule has 0 atom stereocenters. The molecule has 0 aliphatic rings. The highest BCUT2D eigenvalue weighted by molar-refractivity contribution is 6.27. The number of fused-ring (bicyclic) bond motifs is 6. The Morgan fingerprint density at radius 3 is 1.60 bits per heavy atom. The highest BCUT2D eigenvalue weighted by Crippen LogP contribution is 2.49. The van der Waals surface area contributed by atoms with Crippen LogP contribution in [0.3, 0.4) is 0 Å². The van der Waals surface area contributed by atoms with Gasteiger partial charge in [-0.1, -0.05) is 182 Å². The Labute approximate surface area is 359 Å². The summed E-state index contributed by atoms with van der Waals surface area (Å²) in [5.74, 6) is 0. The van der Waals surface area contributed by atoms with E-state index in [4.69, 9.17) is 0 Å². The lowest BCUT2D eigenvalue weighted by molar-refractivity contribution is 1.18. The normalized spacial score (nSPS) is 11.9. The molecule has 0 aliphatic carbocycles. The van der Waals surface area contributed by atoms with Crippen molar-refractivity contribution in [3.05, 3.63) is 231 Å². The van der Waals surface area contributed by atoms with E-state index in [0.29, 0.717) is 0 Å². The minimum absolute atomic E-state index is 1.11. The quantitative estimate of drug-likeness (QED) is 0.152. The third kappa shape index (κ3) is 5.11. The monoisotopic (exact) mass is 786 g/mol. The van der Waals surface area contributed by atoms with Gasteiger partial charge in [-0.05, 0) is 114 Å². The lowest BCUT2D eigenvalue weighted by atomic mass is 9.87. The molecule has 0 amide bonds. The maximum Gasteiger partial charge on any atom is 0.0553 e. The molecular weight excluding hydrogens is 749 g/mol. The molecule has 0 N–H and O–H groups in total. The lowest BCUT2D eigenvalue weighted by Crippen LogP contribution is -2.12. The molecule has 0 unspecified atom stereocenters. The van der Waals surface area contributed by atoms with Crippen LogP contribution in [0.15, 0.2) is 231 Å². The van der Waals surface area contributed by atoms with Gasteiger partial charge in [0.15, 0.2) is 0 Å². The first-order valence-corrected chi connectivity index (χ1v) is 21.4. The molecule has 2 nitrogen and oxygen atoms in total. The number of para-hydroxylation sites is 4. The summed E-state index contributed by atoms with van der Waals surface area (Å²) in [5.41, 5.74) is 11.7. The standard InChI is InChI=1S/C60H38N2/c1-3-20-43(21-4-1)61(55-37-35-42-33-32-40-16-13-17-41-34-36-51(55)59(42)57(40)41)53-30-11-9-25-46(53)48-28-14-18-39-19-15-29-49(58(39)48)52-38-56-60(47-26-8-7-24-45(47)52)50-27-10-12-31-54(50)62(56)44-22-5-2-6-23-44/h1-38H. The van der Waals surface area contributed by atoms with Gasteiger partial charge >= 0.3 is 0 Å². The van der Waals surface area contributed by atoms with Crippen molar-refractivity contribution in [3.8, 4) is 27.9 Å². The molecule has 12 aromatic carbocycles. The van der Waals surface area contributed by atoms with Gasteiger partial charge in [-0.25, -0.2) is 0 Å². The SMILES string of the molecule is c1ccc(N(c2ccccc2-c2cccc3cccc(-c4cc5c(c6ccccc46)c4ccccc4n5-c4ccccc4)c23)c2ccc3ccc4cccc5ccc2c3c45)cc1. The van der Waals surface area contributed by atoms with Crippen LogP contribution in [0.4, 0.5) is 17.1 Å². The second-order valence-corrected chi connectivity index (χ2v) is 16.4. The molecule has 0 radical (unpaired) electrons. The topological polar surface area (TPSA) is 8.17 Å². The molecule has 0 spiro atoms. The van der Waals surface area contributed by atoms with E-state index in [1.165, 1.54) is 97.9 Å². The van der Waals surface area contributed by atoms with Crippen molar-refractivity contribution < 1.29 is 0 Å². The van der Waals surface area contributed by atoms with Crippen LogP contribution in [0.1, 0.15) is 0 Å². The minimum Gasteiger partial charge on any atom is -0.309 e. The van der Waals surface area contributed by atoms with Gasteiger partial charge in [0.2, 0.25) is 0 Å². The van der Waals surface area contributed by atoms with Crippen LogP contribution in [-0.2, 0) is 0 Å². The largest absolute Gasteiger partial charge is 0.309 e. The van der Waals surface area contributed by atoms with Crippen molar-refractivity contribution in [2.24, 2.45) is 0 Å². The molecule has 288 valence electrons. The Morgan fingerprint density at radius 1 is 0.274 bits per heavy atom. The van der Waals surface area contributed by atoms with E-state index >= 15 is 0 Å². The van der Waals surface area contributed by atoms with E-state index in [-0.39, 0.29) is 0 Å². The van der Waals surface area contributed by atoms with Crippen LogP contribution in [0.5, 0.6) is 0 Å². The van der Waals surface area contributed by atoms with Gasteiger partial charge in [-0.3, -0.25) is 0 Å². The second-order valence-electron chi connectivity index (χ2n) is 16.4. The summed E-state index contributed by atoms with van der Waals surface area (Å²) >= 11 is 0. The van der Waals surface area contributed by atoms with Crippen molar-refractivity contribution in [1.29, 1.82) is 0 Å². The Morgan fingerprint density at radius 2 is 0.823 bits per heavy atom. The predicted molar refractivity (Wildman–Crippen MR) is 265 cm³/mol. The van der Waals surface area contributed by atoms with E-state index in [1.54, 1.807) is 0 Å². The first-order valence-electron chi connectivity index (χ1n) is 21.4. The van der Waals surface area contributed by atoms with Crippen LogP contribution < -0.4 is 4.90 Å². The van der Waals surface area contributed by atoms with Crippen molar-refractivity contribution in [2.45, 2.75) is 0 Å². The van der Waals surface area contributed by atoms with Gasteiger partial charge in [-0.2, -0.15) is 0 Å². The molecule has 13 rings (SSSR count). The summed E-state index contributed by atoms with van der Waals surface area (Å²) in [6, 6.07) is 84.9. The lowest BCUT2D eigenvalue weighted by Gasteiger charge is -2.30. The second kappa shape index (κ2) is 13.7. The predicted octanol–water partition coefficient (Wildman–Crippen LogP) is 16.8. The highest BCUT2D eigenvalue weighted by atomic mass is 15.1. The molecule has 1 aromatic heterocycles. The average molecular weight is 787 g/mol. The zero-order chi connectivity index (χ0) is 40.7. The van der Waals surface area contributed by atoms with Gasteiger partial charge < -0.3 is 9.47 Å². The maximum absolute atomic E-state index is 2.47. The first kappa shape index (κ1) is 34.6. The number of aromatic nitrogens is 1. The minimum atomic E-state index is 1.11. The fraction of sp³-hybridized carbons (Fsp3) is 0. The summed E-state index contributed by atoms with van der Waals surface area (Å²) in [4.78, 5) is 2.47. The van der Waals surface area contributed by atoms with E-state index < -0.39 is 0 Å². The number of rotatable bonds is 6. The van der Waals surface area contributed by atoms with Gasteiger partial charge in [0, 0.05) is 33.1 Å². The van der Waals surface area contributed by atoms with Crippen molar-refractivity contribution in [1.82, 2.24) is 4.57 Å². The van der Waals surface area contributed by atoms with Crippen LogP contribution in [0.2, 0.25) is 0 Å². The first-order chi connectivity index (χ1) is 30.8. The van der Waals surface area contributed by atoms with Crippen LogP contribution >= 0.6 is 0 Å². The van der Waals surface area contributed by atoms with Crippen molar-refractivity contribution in [3.63, 3.8) is 0 Å². The molecule has 1 heterocycles. The number of hydrogen-bond acceptors (Lipinski definition) is 1. The summed E-state index contributed by atoms with van der Waals surface area (Å²) in [5, 5.41) is 15.1. The molecule has 0 bridgehead atoms. The molecule has 13 aromatic rings. The molecule has 0 saturated heterocycles. The Hall–Kier alpha value is -8.20. The highest BCUT2D eigenvalue weighted by Gasteiger charge is 2.24. The average Bonchev–Trinajstić information content (AvgIpc) is 3.68. The van der Waals surface area contributed by atoms with E-state index in [1.807, 2.05) is 0 Å². The fourth-order valence-electron chi connectivity index (χ4n) is 10.5. The Bertz CT molecular complexity index is 3840. The third-order valence-electron chi connectivity index (χ3n) is 13.1. The molecule has 62 heavy (non-hydrogen) atoms. The van der Waals surface area contributed by atoms with Crippen LogP contribution in [-0.4, -0.2) is 4.57 Å². The number of anilines is 3. The third-order valence-corrected chi connectivity index (χ3v) is 13.1. The molecule has 2 heteroatoms.